The summed E-state index contributed by atoms with van der Waals surface area (Å²) in [4.78, 5) is 12.6. The molecule has 0 unspecified atom stereocenters. The van der Waals surface area contributed by atoms with Crippen LogP contribution in [0.1, 0.15) is 27.4 Å². The van der Waals surface area contributed by atoms with E-state index in [-0.39, 0.29) is 18.3 Å². The monoisotopic (exact) mass is 276 g/mol. The molecule has 19 heavy (non-hydrogen) atoms. The fraction of sp³-hybridized carbons (Fsp3) is 0.231. The van der Waals surface area contributed by atoms with E-state index in [1.54, 1.807) is 0 Å². The third kappa shape index (κ3) is 3.95. The molecule has 2 N–H and O–H groups in total. The number of aliphatic hydroxyl groups is 1. The van der Waals surface area contributed by atoms with E-state index in [4.69, 9.17) is 9.63 Å². The molecule has 98 valence electrons. The highest BCUT2D eigenvalue weighted by atomic mass is 32.1. The molecule has 0 aromatic carbocycles. The number of aliphatic hydroxyl groups excluding tert-OH is 1. The molecule has 0 fully saturated rings. The molecule has 0 aliphatic rings. The second-order valence-electron chi connectivity index (χ2n) is 3.64. The Kier molecular flexibility index (Phi) is 4.72. The molecule has 1 amide bonds. The highest BCUT2D eigenvalue weighted by molar-refractivity contribution is 7.10. The van der Waals surface area contributed by atoms with Gasteiger partial charge in [-0.3, -0.25) is 4.79 Å². The first kappa shape index (κ1) is 13.3. The molecule has 2 aromatic heterocycles. The molecule has 5 nitrogen and oxygen atoms in total. The molecule has 2 heterocycles. The van der Waals surface area contributed by atoms with Crippen LogP contribution in [0.25, 0.3) is 0 Å². The van der Waals surface area contributed by atoms with Gasteiger partial charge in [0.15, 0.2) is 0 Å². The predicted octanol–water partition coefficient (Wildman–Crippen LogP) is 1.40. The summed E-state index contributed by atoms with van der Waals surface area (Å²) in [5.41, 5.74) is 0.891. The maximum Gasteiger partial charge on any atom is 0.290 e. The zero-order chi connectivity index (χ0) is 13.5. The minimum absolute atomic E-state index is 0.0667. The van der Waals surface area contributed by atoms with Crippen LogP contribution in [0.4, 0.5) is 0 Å². The van der Waals surface area contributed by atoms with Crippen molar-refractivity contribution in [3.8, 4) is 11.8 Å². The maximum atomic E-state index is 11.6. The number of nitrogens with one attached hydrogen (secondary N) is 1. The third-order valence-electron chi connectivity index (χ3n) is 2.21. The molecular formula is C13H12N2O3S. The second kappa shape index (κ2) is 6.73. The summed E-state index contributed by atoms with van der Waals surface area (Å²) < 4.78 is 4.75. The fourth-order valence-electron chi connectivity index (χ4n) is 1.35. The third-order valence-corrected chi connectivity index (χ3v) is 3.14. The fourth-order valence-corrected chi connectivity index (χ4v) is 2.10. The zero-order valence-electron chi connectivity index (χ0n) is 10.0. The summed E-state index contributed by atoms with van der Waals surface area (Å²) >= 11 is 1.52. The van der Waals surface area contributed by atoms with Crippen LogP contribution in [0.2, 0.25) is 0 Å². The molecule has 0 aliphatic heterocycles. The van der Waals surface area contributed by atoms with Gasteiger partial charge in [-0.05, 0) is 6.07 Å². The quantitative estimate of drug-likeness (QED) is 0.828. The Hall–Kier alpha value is -2.10. The molecule has 0 aliphatic carbocycles. The number of nitrogens with zero attached hydrogens (tertiary/aromatic N) is 1. The number of carbonyl (C=O) groups is 1. The van der Waals surface area contributed by atoms with Crippen LogP contribution in [-0.4, -0.2) is 22.8 Å². The van der Waals surface area contributed by atoms with Crippen molar-refractivity contribution >= 4 is 17.2 Å². The number of hydrogen-bond donors (Lipinski definition) is 2. The molecule has 0 bridgehead atoms. The summed E-state index contributed by atoms with van der Waals surface area (Å²) in [7, 11) is 0. The van der Waals surface area contributed by atoms with Gasteiger partial charge in [0.25, 0.3) is 5.91 Å². The van der Waals surface area contributed by atoms with Gasteiger partial charge in [-0.15, -0.1) is 11.3 Å². The normalized spacial score (nSPS) is 9.74. The van der Waals surface area contributed by atoms with Crippen LogP contribution in [0.3, 0.4) is 0 Å². The van der Waals surface area contributed by atoms with Crippen molar-refractivity contribution in [2.75, 3.05) is 6.61 Å². The van der Waals surface area contributed by atoms with Crippen LogP contribution < -0.4 is 5.32 Å². The number of thiophene rings is 1. The smallest absolute Gasteiger partial charge is 0.290 e. The van der Waals surface area contributed by atoms with Crippen molar-refractivity contribution in [2.24, 2.45) is 0 Å². The summed E-state index contributed by atoms with van der Waals surface area (Å²) in [5, 5.41) is 16.7. The van der Waals surface area contributed by atoms with E-state index in [1.165, 1.54) is 23.6 Å². The Morgan fingerprint density at radius 1 is 1.58 bits per heavy atom. The molecule has 0 saturated carbocycles. The number of amides is 1. The Morgan fingerprint density at radius 3 is 3.21 bits per heavy atom. The number of aromatic nitrogens is 1. The average Bonchev–Trinajstić information content (AvgIpc) is 3.08. The first-order valence-electron chi connectivity index (χ1n) is 5.65. The van der Waals surface area contributed by atoms with Crippen LogP contribution >= 0.6 is 11.3 Å². The topological polar surface area (TPSA) is 75.4 Å². The van der Waals surface area contributed by atoms with Crippen LogP contribution in [0, 0.1) is 11.8 Å². The number of rotatable bonds is 4. The summed E-state index contributed by atoms with van der Waals surface area (Å²) in [5.74, 6) is 5.69. The first-order chi connectivity index (χ1) is 9.29. The van der Waals surface area contributed by atoms with Gasteiger partial charge in [0.1, 0.15) is 0 Å². The largest absolute Gasteiger partial charge is 0.395 e. The van der Waals surface area contributed by atoms with Gasteiger partial charge in [-0.25, -0.2) is 0 Å². The summed E-state index contributed by atoms with van der Waals surface area (Å²) in [6.07, 6.45) is 1.89. The van der Waals surface area contributed by atoms with Crippen molar-refractivity contribution < 1.29 is 14.4 Å². The highest BCUT2D eigenvalue weighted by Gasteiger charge is 2.09. The molecule has 0 spiro atoms. The summed E-state index contributed by atoms with van der Waals surface area (Å²) in [6, 6.07) is 3.42. The lowest BCUT2D eigenvalue weighted by Crippen LogP contribution is -2.21. The maximum absolute atomic E-state index is 11.6. The lowest BCUT2D eigenvalue weighted by molar-refractivity contribution is 0.0914. The first-order valence-corrected chi connectivity index (χ1v) is 6.53. The molecule has 2 rings (SSSR count). The zero-order valence-corrected chi connectivity index (χ0v) is 10.9. The lowest BCUT2D eigenvalue weighted by atomic mass is 10.3. The number of carbonyl (C=O) groups excluding carboxylic acids is 1. The van der Waals surface area contributed by atoms with Gasteiger partial charge in [0.05, 0.1) is 19.3 Å². The van der Waals surface area contributed by atoms with E-state index in [0.29, 0.717) is 13.0 Å². The molecular weight excluding hydrogens is 264 g/mol. The van der Waals surface area contributed by atoms with E-state index < -0.39 is 0 Å². The Bertz CT molecular complexity index is 593. The average molecular weight is 276 g/mol. The second-order valence-corrected chi connectivity index (χ2v) is 4.63. The molecule has 2 aromatic rings. The molecule has 6 heteroatoms. The van der Waals surface area contributed by atoms with E-state index in [0.717, 1.165) is 10.4 Å². The predicted molar refractivity (Wildman–Crippen MR) is 70.6 cm³/mol. The van der Waals surface area contributed by atoms with Gasteiger partial charge in [0, 0.05) is 28.3 Å². The van der Waals surface area contributed by atoms with Gasteiger partial charge >= 0.3 is 0 Å². The van der Waals surface area contributed by atoms with Crippen molar-refractivity contribution in [3.05, 3.63) is 39.9 Å². The van der Waals surface area contributed by atoms with Crippen molar-refractivity contribution in [3.63, 3.8) is 0 Å². The minimum atomic E-state index is -0.293. The van der Waals surface area contributed by atoms with Gasteiger partial charge in [-0.1, -0.05) is 17.0 Å². The Morgan fingerprint density at radius 2 is 2.47 bits per heavy atom. The van der Waals surface area contributed by atoms with Gasteiger partial charge in [0.2, 0.25) is 5.76 Å². The minimum Gasteiger partial charge on any atom is -0.395 e. The Labute approximate surface area is 114 Å². The SMILES string of the molecule is O=C(NCc1cc(C#CCCO)cs1)c1ccno1. The van der Waals surface area contributed by atoms with E-state index in [1.807, 2.05) is 11.4 Å². The highest BCUT2D eigenvalue weighted by Crippen LogP contribution is 2.13. The molecule has 0 saturated heterocycles. The van der Waals surface area contributed by atoms with E-state index >= 15 is 0 Å². The van der Waals surface area contributed by atoms with Gasteiger partial charge < -0.3 is 14.9 Å². The molecule has 0 radical (unpaired) electrons. The van der Waals surface area contributed by atoms with Gasteiger partial charge in [-0.2, -0.15) is 0 Å². The summed E-state index contributed by atoms with van der Waals surface area (Å²) in [6.45, 7) is 0.489. The van der Waals surface area contributed by atoms with Crippen LogP contribution in [-0.2, 0) is 6.54 Å². The lowest BCUT2D eigenvalue weighted by Gasteiger charge is -1.98. The van der Waals surface area contributed by atoms with Crippen molar-refractivity contribution in [1.82, 2.24) is 10.5 Å². The molecule has 0 atom stereocenters. The standard InChI is InChI=1S/C13H12N2O3S/c16-6-2-1-3-10-7-11(19-9-10)8-14-13(17)12-4-5-15-18-12/h4-5,7,9,16H,2,6,8H2,(H,14,17). The van der Waals surface area contributed by atoms with Crippen LogP contribution in [0.5, 0.6) is 0 Å². The van der Waals surface area contributed by atoms with E-state index in [2.05, 4.69) is 22.3 Å². The van der Waals surface area contributed by atoms with Crippen LogP contribution in [0.15, 0.2) is 28.2 Å². The van der Waals surface area contributed by atoms with E-state index in [9.17, 15) is 4.79 Å². The van der Waals surface area contributed by atoms with Crippen molar-refractivity contribution in [1.29, 1.82) is 0 Å². The Balaban J connectivity index is 1.87. The number of hydrogen-bond acceptors (Lipinski definition) is 5. The van der Waals surface area contributed by atoms with Crippen molar-refractivity contribution in [2.45, 2.75) is 13.0 Å².